The molecule has 7 nitrogen and oxygen atoms in total. The van der Waals surface area contributed by atoms with Gasteiger partial charge in [0.05, 0.1) is 11.9 Å². The van der Waals surface area contributed by atoms with Gasteiger partial charge in [0.2, 0.25) is 10.5 Å². The van der Waals surface area contributed by atoms with Gasteiger partial charge in [-0.05, 0) is 61.1 Å². The van der Waals surface area contributed by atoms with Crippen LogP contribution in [-0.2, 0) is 31.0 Å². The number of allylic oxidation sites excluding steroid dienone is 1. The van der Waals surface area contributed by atoms with Crippen molar-refractivity contribution in [2.75, 3.05) is 33.0 Å². The molecule has 0 aromatic rings. The lowest BCUT2D eigenvalue weighted by molar-refractivity contribution is 0.0556. The molecular weight excluding hydrogens is 448 g/mol. The van der Waals surface area contributed by atoms with E-state index in [1.807, 2.05) is 61.9 Å². The molecule has 0 saturated heterocycles. The summed E-state index contributed by atoms with van der Waals surface area (Å²) in [6.45, 7) is 31.3. The van der Waals surface area contributed by atoms with Crippen molar-refractivity contribution in [2.45, 2.75) is 68.0 Å². The van der Waals surface area contributed by atoms with Gasteiger partial charge in [-0.2, -0.15) is 0 Å². The third-order valence-electron chi connectivity index (χ3n) is 3.53. The van der Waals surface area contributed by atoms with Gasteiger partial charge in [0, 0.05) is 39.6 Å². The standard InChI is InChI=1S/C10H22O3Si.C8H18O3Si.C3H8OSi/c1-7-11-14(6,12-8-2)13-10(5)9(3)4;1-5-9-12(8-4,10-6-2)11-7-3;1-3(2)4-5/h10H,3,7-8H2,1-2,4-6H3;8H,4-7H2,1-3H3;1H2,2,5H3. The van der Waals surface area contributed by atoms with Gasteiger partial charge in [-0.15, -0.1) is 0 Å². The molecule has 0 fully saturated rings. The predicted octanol–water partition coefficient (Wildman–Crippen LogP) is 4.19. The average molecular weight is 497 g/mol. The highest BCUT2D eigenvalue weighted by Gasteiger charge is 2.37. The highest BCUT2D eigenvalue weighted by atomic mass is 28.4. The summed E-state index contributed by atoms with van der Waals surface area (Å²) in [4.78, 5) is 0. The maximum atomic E-state index is 5.78. The molecule has 0 aromatic heterocycles. The van der Waals surface area contributed by atoms with E-state index in [1.165, 1.54) is 0 Å². The Morgan fingerprint density at radius 2 is 1.16 bits per heavy atom. The largest absolute Gasteiger partial charge is 0.557 e. The molecule has 31 heavy (non-hydrogen) atoms. The minimum atomic E-state index is -2.51. The average Bonchev–Trinajstić information content (AvgIpc) is 2.69. The van der Waals surface area contributed by atoms with E-state index in [0.29, 0.717) is 33.0 Å². The first-order chi connectivity index (χ1) is 14.5. The summed E-state index contributed by atoms with van der Waals surface area (Å²) < 4.78 is 37.9. The smallest absolute Gasteiger partial charge is 0.528 e. The Morgan fingerprint density at radius 3 is 1.35 bits per heavy atom. The Morgan fingerprint density at radius 1 is 0.839 bits per heavy atom. The molecule has 0 amide bonds. The van der Waals surface area contributed by atoms with Gasteiger partial charge in [0.25, 0.3) is 0 Å². The summed E-state index contributed by atoms with van der Waals surface area (Å²) in [6.07, 6.45) is -0.00948. The summed E-state index contributed by atoms with van der Waals surface area (Å²) in [6, 6.07) is 0. The van der Waals surface area contributed by atoms with Crippen LogP contribution in [0, 0.1) is 0 Å². The van der Waals surface area contributed by atoms with Gasteiger partial charge < -0.3 is 31.0 Å². The van der Waals surface area contributed by atoms with Crippen LogP contribution in [0.2, 0.25) is 6.55 Å². The minimum absolute atomic E-state index is 0.00948. The molecule has 0 aliphatic carbocycles. The second-order valence-electron chi connectivity index (χ2n) is 6.35. The molecule has 0 rings (SSSR count). The van der Waals surface area contributed by atoms with Crippen molar-refractivity contribution in [3.63, 3.8) is 0 Å². The van der Waals surface area contributed by atoms with E-state index in [0.717, 1.165) is 21.8 Å². The van der Waals surface area contributed by atoms with Crippen molar-refractivity contribution < 1.29 is 31.0 Å². The maximum absolute atomic E-state index is 5.78. The van der Waals surface area contributed by atoms with Crippen molar-refractivity contribution in [2.24, 2.45) is 0 Å². The third-order valence-corrected chi connectivity index (χ3v) is 9.21. The zero-order chi connectivity index (χ0) is 24.9. The minimum Gasteiger partial charge on any atom is -0.557 e. The summed E-state index contributed by atoms with van der Waals surface area (Å²) in [5.41, 5.74) is 2.66. The first-order valence-electron chi connectivity index (χ1n) is 10.8. The second kappa shape index (κ2) is 21.3. The highest BCUT2D eigenvalue weighted by Crippen LogP contribution is 2.15. The molecule has 0 spiro atoms. The topological polar surface area (TPSA) is 64.6 Å². The van der Waals surface area contributed by atoms with Crippen molar-refractivity contribution in [3.8, 4) is 0 Å². The molecule has 0 N–H and O–H groups in total. The first kappa shape index (κ1) is 35.0. The van der Waals surface area contributed by atoms with Crippen LogP contribution in [0.15, 0.2) is 36.8 Å². The van der Waals surface area contributed by atoms with E-state index < -0.39 is 17.6 Å². The fourth-order valence-corrected chi connectivity index (χ4v) is 5.88. The number of rotatable bonds is 15. The molecule has 0 radical (unpaired) electrons. The maximum Gasteiger partial charge on any atom is 0.528 e. The fraction of sp³-hybridized carbons (Fsp3) is 0.714. The van der Waals surface area contributed by atoms with E-state index in [9.17, 15) is 0 Å². The van der Waals surface area contributed by atoms with Gasteiger partial charge in [0.1, 0.15) is 0 Å². The van der Waals surface area contributed by atoms with Crippen LogP contribution in [0.4, 0.5) is 0 Å². The van der Waals surface area contributed by atoms with Gasteiger partial charge in [-0.25, -0.2) is 0 Å². The number of hydrogen-bond acceptors (Lipinski definition) is 7. The fourth-order valence-electron chi connectivity index (χ4n) is 1.96. The van der Waals surface area contributed by atoms with E-state index in [1.54, 1.807) is 5.70 Å². The lowest BCUT2D eigenvalue weighted by Gasteiger charge is -2.28. The Balaban J connectivity index is -0.000000419. The molecule has 1 atom stereocenters. The zero-order valence-electron chi connectivity index (χ0n) is 21.7. The molecular formula is C21H48O7Si3. The van der Waals surface area contributed by atoms with Crippen LogP contribution >= 0.6 is 0 Å². The Bertz CT molecular complexity index is 453. The SMILES string of the molecule is C=C(C)C(C)O[Si](C)(OCC)OCC.C=C(C)O[SiH3].C=C[Si](OCC)(OCC)OCC. The molecule has 0 heterocycles. The normalized spacial score (nSPS) is 12.0. The molecule has 0 bridgehead atoms. The van der Waals surface area contributed by atoms with E-state index >= 15 is 0 Å². The van der Waals surface area contributed by atoms with Gasteiger partial charge in [-0.3, -0.25) is 0 Å². The summed E-state index contributed by atoms with van der Waals surface area (Å²) in [7, 11) is -4.17. The molecule has 186 valence electrons. The van der Waals surface area contributed by atoms with Crippen LogP contribution in [0.3, 0.4) is 0 Å². The van der Waals surface area contributed by atoms with Gasteiger partial charge in [0.15, 0.2) is 0 Å². The summed E-state index contributed by atoms with van der Waals surface area (Å²) >= 11 is 0. The zero-order valence-corrected chi connectivity index (χ0v) is 25.7. The Kier molecular flexibility index (Phi) is 24.1. The van der Waals surface area contributed by atoms with Crippen LogP contribution < -0.4 is 0 Å². The number of hydrogen-bond donors (Lipinski definition) is 0. The highest BCUT2D eigenvalue weighted by molar-refractivity contribution is 6.66. The third kappa shape index (κ3) is 19.8. The van der Waals surface area contributed by atoms with Crippen LogP contribution in [0.5, 0.6) is 0 Å². The molecule has 10 heteroatoms. The van der Waals surface area contributed by atoms with E-state index in [2.05, 4.69) is 19.7 Å². The lowest BCUT2D eigenvalue weighted by atomic mass is 10.2. The monoisotopic (exact) mass is 496 g/mol. The van der Waals surface area contributed by atoms with Gasteiger partial charge >= 0.3 is 17.6 Å². The predicted molar refractivity (Wildman–Crippen MR) is 137 cm³/mol. The van der Waals surface area contributed by atoms with Crippen LogP contribution in [0.1, 0.15) is 55.4 Å². The van der Waals surface area contributed by atoms with Crippen LogP contribution in [-0.4, -0.2) is 67.2 Å². The molecule has 1 unspecified atom stereocenters. The second-order valence-corrected chi connectivity index (χ2v) is 11.8. The van der Waals surface area contributed by atoms with Crippen LogP contribution in [0.25, 0.3) is 0 Å². The van der Waals surface area contributed by atoms with E-state index in [-0.39, 0.29) is 6.10 Å². The van der Waals surface area contributed by atoms with E-state index in [4.69, 9.17) is 31.0 Å². The Labute approximate surface area is 197 Å². The van der Waals surface area contributed by atoms with Crippen molar-refractivity contribution >= 4 is 28.1 Å². The van der Waals surface area contributed by atoms with Crippen molar-refractivity contribution in [1.82, 2.24) is 0 Å². The quantitative estimate of drug-likeness (QED) is 0.191. The van der Waals surface area contributed by atoms with Gasteiger partial charge in [-0.1, -0.05) is 25.3 Å². The molecule has 0 saturated carbocycles. The molecule has 0 aromatic carbocycles. The Hall–Kier alpha value is -0.569. The summed E-state index contributed by atoms with van der Waals surface area (Å²) in [5, 5.41) is 0. The lowest BCUT2D eigenvalue weighted by Crippen LogP contribution is -2.45. The first-order valence-corrected chi connectivity index (χ1v) is 15.7. The molecule has 0 aliphatic heterocycles. The molecule has 0 aliphatic rings. The summed E-state index contributed by atoms with van der Waals surface area (Å²) in [5.74, 6) is 0.816. The van der Waals surface area contributed by atoms with Crippen molar-refractivity contribution in [3.05, 3.63) is 36.8 Å². The van der Waals surface area contributed by atoms with Crippen molar-refractivity contribution in [1.29, 1.82) is 0 Å².